The lowest BCUT2D eigenvalue weighted by Crippen LogP contribution is -3.13. The Balaban J connectivity index is 1.36. The van der Waals surface area contributed by atoms with Crippen molar-refractivity contribution >= 4 is 5.91 Å². The standard InChI is InChI=1S/C23H23FN2O2/c1-17-3-2-4-18(15-17)16-25-11-13-26(14-12-25)23(27)22-10-9-21(28-22)19-5-7-20(24)8-6-19/h2-10,15H,11-14,16H2,1H3/p+1. The van der Waals surface area contributed by atoms with Gasteiger partial charge >= 0.3 is 0 Å². The van der Waals surface area contributed by atoms with Crippen LogP contribution in [0.15, 0.2) is 65.1 Å². The van der Waals surface area contributed by atoms with Crippen LogP contribution in [0.1, 0.15) is 21.7 Å². The Morgan fingerprint density at radius 2 is 1.82 bits per heavy atom. The van der Waals surface area contributed by atoms with Crippen molar-refractivity contribution in [2.45, 2.75) is 13.5 Å². The molecule has 0 unspecified atom stereocenters. The highest BCUT2D eigenvalue weighted by atomic mass is 19.1. The number of nitrogens with one attached hydrogen (secondary N) is 1. The second-order valence-corrected chi connectivity index (χ2v) is 7.38. The summed E-state index contributed by atoms with van der Waals surface area (Å²) >= 11 is 0. The molecule has 0 radical (unpaired) electrons. The van der Waals surface area contributed by atoms with Crippen molar-refractivity contribution in [3.8, 4) is 11.3 Å². The molecule has 0 spiro atoms. The van der Waals surface area contributed by atoms with Crippen molar-refractivity contribution in [1.82, 2.24) is 4.90 Å². The third kappa shape index (κ3) is 4.15. The van der Waals surface area contributed by atoms with Crippen LogP contribution in [0.5, 0.6) is 0 Å². The van der Waals surface area contributed by atoms with Gasteiger partial charge in [0.1, 0.15) is 18.1 Å². The lowest BCUT2D eigenvalue weighted by molar-refractivity contribution is -0.917. The molecule has 3 aromatic rings. The fraction of sp³-hybridized carbons (Fsp3) is 0.261. The van der Waals surface area contributed by atoms with Crippen LogP contribution in [0.25, 0.3) is 11.3 Å². The van der Waals surface area contributed by atoms with Crippen molar-refractivity contribution < 1.29 is 18.5 Å². The maximum atomic E-state index is 13.1. The van der Waals surface area contributed by atoms with Gasteiger partial charge in [-0.15, -0.1) is 0 Å². The van der Waals surface area contributed by atoms with Gasteiger partial charge in [-0.1, -0.05) is 29.8 Å². The SMILES string of the molecule is Cc1cccc(C[NH+]2CCN(C(=O)c3ccc(-c4ccc(F)cc4)o3)CC2)c1. The highest BCUT2D eigenvalue weighted by molar-refractivity contribution is 5.92. The summed E-state index contributed by atoms with van der Waals surface area (Å²) in [4.78, 5) is 16.1. The maximum absolute atomic E-state index is 13.1. The molecule has 1 aromatic heterocycles. The van der Waals surface area contributed by atoms with E-state index >= 15 is 0 Å². The molecule has 0 atom stereocenters. The fourth-order valence-electron chi connectivity index (χ4n) is 3.69. The molecule has 0 bridgehead atoms. The third-order valence-corrected chi connectivity index (χ3v) is 5.24. The zero-order valence-electron chi connectivity index (χ0n) is 16.0. The Morgan fingerprint density at radius 3 is 2.54 bits per heavy atom. The first-order chi connectivity index (χ1) is 13.6. The third-order valence-electron chi connectivity index (χ3n) is 5.24. The minimum atomic E-state index is -0.294. The summed E-state index contributed by atoms with van der Waals surface area (Å²) in [5.74, 6) is 0.536. The molecule has 1 N–H and O–H groups in total. The number of quaternary nitrogens is 1. The van der Waals surface area contributed by atoms with Gasteiger partial charge < -0.3 is 14.2 Å². The minimum absolute atomic E-state index is 0.0806. The van der Waals surface area contributed by atoms with Crippen LogP contribution in [0.4, 0.5) is 4.39 Å². The van der Waals surface area contributed by atoms with Crippen LogP contribution in [0.2, 0.25) is 0 Å². The van der Waals surface area contributed by atoms with E-state index in [1.54, 1.807) is 24.3 Å². The first-order valence-electron chi connectivity index (χ1n) is 9.63. The van der Waals surface area contributed by atoms with E-state index in [2.05, 4.69) is 31.2 Å². The fourth-order valence-corrected chi connectivity index (χ4v) is 3.69. The average Bonchev–Trinajstić information content (AvgIpc) is 3.19. The molecule has 1 saturated heterocycles. The second-order valence-electron chi connectivity index (χ2n) is 7.38. The molecule has 144 valence electrons. The molecule has 28 heavy (non-hydrogen) atoms. The largest absolute Gasteiger partial charge is 0.451 e. The van der Waals surface area contributed by atoms with Crippen LogP contribution in [0.3, 0.4) is 0 Å². The number of nitrogens with zero attached hydrogens (tertiary/aromatic N) is 1. The normalized spacial score (nSPS) is 15.0. The average molecular weight is 379 g/mol. The molecule has 1 aliphatic rings. The van der Waals surface area contributed by atoms with Crippen LogP contribution < -0.4 is 4.90 Å². The first-order valence-corrected chi connectivity index (χ1v) is 9.63. The van der Waals surface area contributed by atoms with Gasteiger partial charge in [0.2, 0.25) is 0 Å². The van der Waals surface area contributed by atoms with Crippen molar-refractivity contribution in [2.75, 3.05) is 26.2 Å². The number of piperazine rings is 1. The van der Waals surface area contributed by atoms with Gasteiger partial charge in [0, 0.05) is 11.1 Å². The van der Waals surface area contributed by atoms with Gasteiger partial charge in [0.05, 0.1) is 26.2 Å². The van der Waals surface area contributed by atoms with Gasteiger partial charge in [0.25, 0.3) is 5.91 Å². The quantitative estimate of drug-likeness (QED) is 0.757. The molecule has 0 saturated carbocycles. The maximum Gasteiger partial charge on any atom is 0.289 e. The van der Waals surface area contributed by atoms with E-state index in [0.717, 1.165) is 25.2 Å². The van der Waals surface area contributed by atoms with E-state index in [-0.39, 0.29) is 11.7 Å². The summed E-state index contributed by atoms with van der Waals surface area (Å²) in [7, 11) is 0. The van der Waals surface area contributed by atoms with Crippen LogP contribution >= 0.6 is 0 Å². The van der Waals surface area contributed by atoms with Crippen molar-refractivity contribution in [3.63, 3.8) is 0 Å². The van der Waals surface area contributed by atoms with Gasteiger partial charge in [-0.3, -0.25) is 4.79 Å². The Bertz CT molecular complexity index is 957. The second kappa shape index (κ2) is 7.98. The number of carbonyl (C=O) groups excluding carboxylic acids is 1. The van der Waals surface area contributed by atoms with Crippen molar-refractivity contribution in [1.29, 1.82) is 0 Å². The molecule has 5 heteroatoms. The van der Waals surface area contributed by atoms with E-state index < -0.39 is 0 Å². The molecule has 2 aromatic carbocycles. The molecule has 1 amide bonds. The molecule has 4 nitrogen and oxygen atoms in total. The topological polar surface area (TPSA) is 37.9 Å². The lowest BCUT2D eigenvalue weighted by atomic mass is 10.1. The van der Waals surface area contributed by atoms with Crippen LogP contribution in [0, 0.1) is 12.7 Å². The summed E-state index contributed by atoms with van der Waals surface area (Å²) in [6.45, 7) is 6.37. The number of hydrogen-bond acceptors (Lipinski definition) is 2. The van der Waals surface area contributed by atoms with E-state index in [9.17, 15) is 9.18 Å². The summed E-state index contributed by atoms with van der Waals surface area (Å²) in [5.41, 5.74) is 3.37. The number of aryl methyl sites for hydroxylation is 1. The molecule has 4 rings (SSSR count). The predicted octanol–water partition coefficient (Wildman–Crippen LogP) is 2.94. The Morgan fingerprint density at radius 1 is 1.07 bits per heavy atom. The number of hydrogen-bond donors (Lipinski definition) is 1. The Hall–Kier alpha value is -2.92. The van der Waals surface area contributed by atoms with Gasteiger partial charge in [-0.2, -0.15) is 0 Å². The van der Waals surface area contributed by atoms with Gasteiger partial charge in [-0.05, 0) is 43.3 Å². The Kier molecular flexibility index (Phi) is 5.26. The summed E-state index contributed by atoms with van der Waals surface area (Å²) in [5, 5.41) is 0. The monoisotopic (exact) mass is 379 g/mol. The van der Waals surface area contributed by atoms with Crippen LogP contribution in [-0.2, 0) is 6.54 Å². The molecular weight excluding hydrogens is 355 g/mol. The van der Waals surface area contributed by atoms with Crippen molar-refractivity contribution in [2.24, 2.45) is 0 Å². The number of benzene rings is 2. The highest BCUT2D eigenvalue weighted by Crippen LogP contribution is 2.23. The highest BCUT2D eigenvalue weighted by Gasteiger charge is 2.26. The van der Waals surface area contributed by atoms with E-state index in [0.29, 0.717) is 24.6 Å². The first kappa shape index (κ1) is 18.4. The minimum Gasteiger partial charge on any atom is -0.451 e. The molecule has 1 fully saturated rings. The lowest BCUT2D eigenvalue weighted by Gasteiger charge is -2.31. The van der Waals surface area contributed by atoms with E-state index in [1.165, 1.54) is 28.2 Å². The van der Waals surface area contributed by atoms with E-state index in [1.807, 2.05) is 4.90 Å². The zero-order chi connectivity index (χ0) is 19.5. The zero-order valence-corrected chi connectivity index (χ0v) is 16.0. The molecule has 1 aliphatic heterocycles. The van der Waals surface area contributed by atoms with Crippen molar-refractivity contribution in [3.05, 3.63) is 83.4 Å². The summed E-state index contributed by atoms with van der Waals surface area (Å²) < 4.78 is 18.8. The number of amides is 1. The molecule has 0 aliphatic carbocycles. The summed E-state index contributed by atoms with van der Waals surface area (Å²) in [6.07, 6.45) is 0. The Labute approximate surface area is 164 Å². The van der Waals surface area contributed by atoms with E-state index in [4.69, 9.17) is 4.42 Å². The smallest absolute Gasteiger partial charge is 0.289 e. The number of carbonyl (C=O) groups is 1. The predicted molar refractivity (Wildman–Crippen MR) is 106 cm³/mol. The summed E-state index contributed by atoms with van der Waals surface area (Å²) in [6, 6.07) is 18.1. The van der Waals surface area contributed by atoms with Crippen LogP contribution in [-0.4, -0.2) is 37.0 Å². The molecular formula is C23H24FN2O2+. The molecule has 2 heterocycles. The number of rotatable bonds is 4. The van der Waals surface area contributed by atoms with Gasteiger partial charge in [-0.25, -0.2) is 4.39 Å². The van der Waals surface area contributed by atoms with Gasteiger partial charge in [0.15, 0.2) is 5.76 Å². The number of halogens is 1. The number of furan rings is 1.